The largest absolute Gasteiger partial charge is 1.00 e. The van der Waals surface area contributed by atoms with Gasteiger partial charge in [0.15, 0.2) is 17.9 Å². The number of carbonyl (C=O) groups excluding carboxylic acids is 4. The Labute approximate surface area is 416 Å². The van der Waals surface area contributed by atoms with Crippen molar-refractivity contribution >= 4 is 55.7 Å². The van der Waals surface area contributed by atoms with Gasteiger partial charge in [-0.05, 0) is 76.6 Å². The topological polar surface area (TPSA) is 174 Å². The van der Waals surface area contributed by atoms with Gasteiger partial charge in [-0.1, -0.05) is 100.0 Å². The SMILES string of the molecule is C.C1CCOC1.CC(=O)C(Br)Br.CC(=O)C=O.CC(=O)[O-].CO.FC(F)(F)C1CCCN(Cc2ccccc2)C1.FC(F)(F)C1CCCNC1.NCCNCc1ccccc1.[2H]CF.[Na+]. The van der Waals surface area contributed by atoms with Crippen molar-refractivity contribution in [1.29, 1.82) is 0 Å². The van der Waals surface area contributed by atoms with Crippen LogP contribution in [0.2, 0.25) is 0 Å². The third kappa shape index (κ3) is 51.1. The quantitative estimate of drug-likeness (QED) is 0.0728. The summed E-state index contributed by atoms with van der Waals surface area (Å²) in [4.78, 5) is 39.4. The molecule has 3 aliphatic heterocycles. The second-order valence-corrected chi connectivity index (χ2v) is 16.1. The fraction of sp³-hybridized carbons (Fsp3) is 0.628. The number of nitrogens with zero attached hydrogens (tertiary/aromatic N) is 1. The number of alkyl halides is 9. The molecule has 64 heavy (non-hydrogen) atoms. The van der Waals surface area contributed by atoms with Crippen molar-refractivity contribution in [2.24, 2.45) is 17.6 Å². The number of piperidine rings is 2. The van der Waals surface area contributed by atoms with E-state index in [-0.39, 0.29) is 78.7 Å². The number of aldehydes is 1. The number of carboxylic acids is 1. The molecule has 0 amide bonds. The molecule has 2 unspecified atom stereocenters. The van der Waals surface area contributed by atoms with Gasteiger partial charge < -0.3 is 36.1 Å². The van der Waals surface area contributed by atoms with Gasteiger partial charge in [-0.15, -0.1) is 0 Å². The molecule has 368 valence electrons. The number of hydrogen-bond donors (Lipinski definition) is 4. The summed E-state index contributed by atoms with van der Waals surface area (Å²) < 4.78 is 93.9. The number of aliphatic hydroxyl groups excluding tert-OH is 1. The predicted molar refractivity (Wildman–Crippen MR) is 241 cm³/mol. The number of carboxylic acid groups (broad SMARTS) is 1. The number of Topliss-reactive ketones (excluding diaryl/α,β-unsaturated/α-hetero) is 2. The van der Waals surface area contributed by atoms with Crippen LogP contribution in [-0.4, -0.2) is 117 Å². The summed E-state index contributed by atoms with van der Waals surface area (Å²) in [7, 11) is 0. The number of aliphatic hydroxyl groups is 1. The number of carbonyl (C=O) groups is 4. The molecular formula is C43H70Br2F7N4NaO7. The van der Waals surface area contributed by atoms with Gasteiger partial charge in [0.05, 0.1) is 20.4 Å². The zero-order valence-corrected chi connectivity index (χ0v) is 42.1. The van der Waals surface area contributed by atoms with Crippen LogP contribution in [0.1, 0.15) is 79.2 Å². The van der Waals surface area contributed by atoms with E-state index in [9.17, 15) is 40.3 Å². The van der Waals surface area contributed by atoms with Crippen LogP contribution in [0.3, 0.4) is 0 Å². The van der Waals surface area contributed by atoms with Gasteiger partial charge in [0.1, 0.15) is 3.74 Å². The number of ketones is 2. The molecule has 11 nitrogen and oxygen atoms in total. The zero-order chi connectivity index (χ0) is 49.1. The van der Waals surface area contributed by atoms with Crippen molar-refractivity contribution < 1.29 is 95.8 Å². The molecule has 3 fully saturated rings. The molecule has 3 heterocycles. The average molecular weight is 1070 g/mol. The van der Waals surface area contributed by atoms with E-state index >= 15 is 0 Å². The minimum atomic E-state index is -4.05. The summed E-state index contributed by atoms with van der Waals surface area (Å²) >= 11 is 6.01. The Morgan fingerprint density at radius 2 is 1.34 bits per heavy atom. The van der Waals surface area contributed by atoms with Crippen molar-refractivity contribution in [2.45, 2.75) is 95.9 Å². The maximum absolute atomic E-state index is 12.6. The van der Waals surface area contributed by atoms with E-state index in [4.69, 9.17) is 31.6 Å². The number of benzene rings is 2. The number of nitrogens with one attached hydrogen (secondary N) is 2. The van der Waals surface area contributed by atoms with Crippen molar-refractivity contribution in [3.05, 3.63) is 71.8 Å². The number of ether oxygens (including phenoxy) is 1. The number of aliphatic carboxylic acids is 1. The van der Waals surface area contributed by atoms with E-state index in [1.54, 1.807) is 0 Å². The average Bonchev–Trinajstić information content (AvgIpc) is 3.84. The second kappa shape index (κ2) is 49.1. The monoisotopic (exact) mass is 1070 g/mol. The van der Waals surface area contributed by atoms with Gasteiger partial charge in [0.25, 0.3) is 0 Å². The van der Waals surface area contributed by atoms with Gasteiger partial charge in [-0.2, -0.15) is 26.3 Å². The molecule has 0 radical (unpaired) electrons. The first kappa shape index (κ1) is 71.2. The van der Waals surface area contributed by atoms with Crippen LogP contribution < -0.4 is 51.0 Å². The summed E-state index contributed by atoms with van der Waals surface area (Å²) in [5.74, 6) is -3.68. The van der Waals surface area contributed by atoms with Crippen molar-refractivity contribution in [3.63, 3.8) is 0 Å². The maximum Gasteiger partial charge on any atom is 1.00 e. The molecule has 3 saturated heterocycles. The van der Waals surface area contributed by atoms with Gasteiger partial charge in [-0.3, -0.25) is 23.7 Å². The third-order valence-electron chi connectivity index (χ3n) is 7.77. The minimum absolute atomic E-state index is 0. The Kier molecular flexibility index (Phi) is 54.6. The van der Waals surface area contributed by atoms with E-state index in [0.29, 0.717) is 25.9 Å². The summed E-state index contributed by atoms with van der Waals surface area (Å²) in [6.07, 6.45) is -3.37. The number of halogens is 9. The normalized spacial score (nSPS) is 16.2. The molecule has 0 aromatic heterocycles. The molecule has 2 aromatic carbocycles. The Balaban J connectivity index is -0.000000161. The Bertz CT molecular complexity index is 1360. The predicted octanol–water partition coefficient (Wildman–Crippen LogP) is 4.60. The van der Waals surface area contributed by atoms with Crippen LogP contribution in [0.4, 0.5) is 30.7 Å². The van der Waals surface area contributed by atoms with E-state index in [1.807, 2.05) is 53.4 Å². The van der Waals surface area contributed by atoms with Crippen molar-refractivity contribution in [3.8, 4) is 0 Å². The van der Waals surface area contributed by atoms with E-state index < -0.39 is 43.1 Å². The van der Waals surface area contributed by atoms with Gasteiger partial charge >= 0.3 is 41.9 Å². The fourth-order valence-corrected chi connectivity index (χ4v) is 4.88. The molecule has 0 bridgehead atoms. The van der Waals surface area contributed by atoms with E-state index in [2.05, 4.69) is 54.6 Å². The molecule has 2 atom stereocenters. The first-order valence-electron chi connectivity index (χ1n) is 20.2. The van der Waals surface area contributed by atoms with Crippen LogP contribution in [-0.2, 0) is 37.0 Å². The molecule has 3 aliphatic rings. The van der Waals surface area contributed by atoms with Gasteiger partial charge in [0, 0.05) is 72.5 Å². The van der Waals surface area contributed by atoms with Crippen molar-refractivity contribution in [2.75, 3.05) is 66.7 Å². The van der Waals surface area contributed by atoms with Crippen LogP contribution in [0, 0.1) is 11.8 Å². The van der Waals surface area contributed by atoms with Crippen LogP contribution in [0.15, 0.2) is 60.7 Å². The summed E-state index contributed by atoms with van der Waals surface area (Å²) in [5, 5.41) is 21.8. The maximum atomic E-state index is 12.6. The molecule has 5 N–H and O–H groups in total. The third-order valence-corrected chi connectivity index (χ3v) is 9.06. The molecule has 0 saturated carbocycles. The van der Waals surface area contributed by atoms with Crippen LogP contribution in [0.25, 0.3) is 0 Å². The Morgan fingerprint density at radius 3 is 1.66 bits per heavy atom. The summed E-state index contributed by atoms with van der Waals surface area (Å²) in [5.41, 5.74) is 7.72. The van der Waals surface area contributed by atoms with Crippen LogP contribution in [0.5, 0.6) is 0 Å². The minimum Gasteiger partial charge on any atom is -0.550 e. The number of nitrogens with two attached hydrogens (primary N) is 1. The van der Waals surface area contributed by atoms with Crippen LogP contribution >= 0.6 is 31.9 Å². The molecule has 0 spiro atoms. The van der Waals surface area contributed by atoms with Gasteiger partial charge in [0.2, 0.25) is 0 Å². The van der Waals surface area contributed by atoms with E-state index in [1.165, 1.54) is 32.3 Å². The molecule has 21 heteroatoms. The van der Waals surface area contributed by atoms with E-state index in [0.717, 1.165) is 59.0 Å². The molecule has 2 aromatic rings. The first-order valence-corrected chi connectivity index (χ1v) is 21.3. The second-order valence-electron chi connectivity index (χ2n) is 13.1. The Morgan fingerprint density at radius 1 is 0.922 bits per heavy atom. The molecular weight excluding hydrogens is 1000 g/mol. The first-order chi connectivity index (χ1) is 29.7. The standard InChI is InChI=1S/C13H16F3N.C9H14N2.C6H10F3N.C4H8O.C3H4Br2O.C3H4O2.C2H4O2.CH3F.CH4O.CH4.Na/c14-13(15,16)12-7-4-8-17(10-12)9-11-5-2-1-3-6-11;10-6-7-11-8-9-4-2-1-3-5-9;7-6(8,9)5-2-1-3-10-4-5;1-2-4-5-3-1;1-2(6)3(4)5;1-3(5)2-4;1-2(3)4;2*1-2;;/h1-3,5-6,12H,4,7-10H2;1-5,11H,6-8,10H2;5,10H,1-4H2;1-4H2;3H,1H3;2H,1H3;1H3,(H,3,4);1H3;2H,1H3;1H4;/q;;;;;;;;;;+1/p-1/i;;;;;;;1D;;;. The fourth-order valence-electron chi connectivity index (χ4n) is 4.88. The smallest absolute Gasteiger partial charge is 0.550 e. The Hall–Kier alpha value is -1.85. The molecule has 0 aliphatic carbocycles. The number of likely N-dealkylation sites (tertiary alicyclic amines) is 1. The summed E-state index contributed by atoms with van der Waals surface area (Å²) in [6.45, 7) is 10.5. The number of rotatable bonds is 8. The van der Waals surface area contributed by atoms with Gasteiger partial charge in [-0.25, -0.2) is 0 Å². The zero-order valence-electron chi connectivity index (χ0n) is 37.9. The van der Waals surface area contributed by atoms with Crippen molar-refractivity contribution in [1.82, 2.24) is 15.5 Å². The molecule has 5 rings (SSSR count). The summed E-state index contributed by atoms with van der Waals surface area (Å²) in [6, 6.07) is 20.0. The number of hydrogen-bond acceptors (Lipinski definition) is 11.